The molecule has 1 saturated heterocycles. The second-order valence-corrected chi connectivity index (χ2v) is 2.87. The fraction of sp³-hybridized carbons (Fsp3) is 1.00. The van der Waals surface area contributed by atoms with Crippen molar-refractivity contribution in [2.75, 3.05) is 6.61 Å². The largest absolute Gasteiger partial charge is 0.388 e. The van der Waals surface area contributed by atoms with Gasteiger partial charge in [0.2, 0.25) is 0 Å². The lowest BCUT2D eigenvalue weighted by atomic mass is 9.98. The van der Waals surface area contributed by atoms with Crippen LogP contribution in [-0.4, -0.2) is 51.1 Å². The van der Waals surface area contributed by atoms with E-state index in [4.69, 9.17) is 15.3 Å². The minimum absolute atomic E-state index is 0.175. The van der Waals surface area contributed by atoms with E-state index in [9.17, 15) is 5.11 Å². The molecule has 4 atom stereocenters. The molecule has 0 aromatic carbocycles. The predicted octanol–water partition coefficient (Wildman–Crippen LogP) is -2.19. The standard InChI is InChI=1S/C6H12O5/c1-6(10)5(9)4(8)3(7)2-11-6/h3-5,7-10H,2H2,1H3/t3-,4-,5+,6-/m0/s1. The molecule has 66 valence electrons. The van der Waals surface area contributed by atoms with Crippen molar-refractivity contribution >= 4 is 0 Å². The lowest BCUT2D eigenvalue weighted by molar-refractivity contribution is -0.312. The van der Waals surface area contributed by atoms with Crippen LogP contribution in [0.25, 0.3) is 0 Å². The van der Waals surface area contributed by atoms with Gasteiger partial charge in [-0.05, 0) is 6.92 Å². The van der Waals surface area contributed by atoms with E-state index in [-0.39, 0.29) is 6.61 Å². The Kier molecular flexibility index (Phi) is 2.17. The molecular weight excluding hydrogens is 152 g/mol. The van der Waals surface area contributed by atoms with Crippen molar-refractivity contribution in [3.63, 3.8) is 0 Å². The highest BCUT2D eigenvalue weighted by molar-refractivity contribution is 4.88. The van der Waals surface area contributed by atoms with Gasteiger partial charge < -0.3 is 25.2 Å². The highest BCUT2D eigenvalue weighted by Gasteiger charge is 2.44. The quantitative estimate of drug-likeness (QED) is 0.326. The third-order valence-corrected chi connectivity index (χ3v) is 1.81. The average molecular weight is 164 g/mol. The Morgan fingerprint density at radius 2 is 1.91 bits per heavy atom. The molecule has 0 aromatic rings. The van der Waals surface area contributed by atoms with Gasteiger partial charge in [-0.3, -0.25) is 0 Å². The molecule has 0 aromatic heterocycles. The van der Waals surface area contributed by atoms with Gasteiger partial charge in [-0.1, -0.05) is 0 Å². The molecule has 1 aliphatic rings. The van der Waals surface area contributed by atoms with E-state index in [1.165, 1.54) is 6.92 Å². The summed E-state index contributed by atoms with van der Waals surface area (Å²) >= 11 is 0. The summed E-state index contributed by atoms with van der Waals surface area (Å²) < 4.78 is 4.66. The summed E-state index contributed by atoms with van der Waals surface area (Å²) in [6.07, 6.45) is -3.95. The van der Waals surface area contributed by atoms with Gasteiger partial charge in [0.05, 0.1) is 6.61 Å². The number of hydrogen-bond donors (Lipinski definition) is 4. The molecule has 0 unspecified atom stereocenters. The number of hydrogen-bond acceptors (Lipinski definition) is 5. The van der Waals surface area contributed by atoms with E-state index < -0.39 is 24.1 Å². The number of aliphatic hydroxyl groups excluding tert-OH is 3. The van der Waals surface area contributed by atoms with Gasteiger partial charge in [0.25, 0.3) is 0 Å². The Morgan fingerprint density at radius 3 is 2.36 bits per heavy atom. The van der Waals surface area contributed by atoms with E-state index in [2.05, 4.69) is 4.74 Å². The van der Waals surface area contributed by atoms with Crippen LogP contribution in [0.5, 0.6) is 0 Å². The molecule has 11 heavy (non-hydrogen) atoms. The molecule has 0 bridgehead atoms. The minimum Gasteiger partial charge on any atom is -0.388 e. The van der Waals surface area contributed by atoms with Gasteiger partial charge in [-0.25, -0.2) is 0 Å². The molecule has 5 heteroatoms. The van der Waals surface area contributed by atoms with E-state index in [0.717, 1.165) is 0 Å². The molecule has 1 rings (SSSR count). The summed E-state index contributed by atoms with van der Waals surface area (Å²) in [5, 5.41) is 36.3. The van der Waals surface area contributed by atoms with Crippen LogP contribution in [0.1, 0.15) is 6.92 Å². The molecule has 0 radical (unpaired) electrons. The lowest BCUT2D eigenvalue weighted by Gasteiger charge is -2.39. The van der Waals surface area contributed by atoms with E-state index >= 15 is 0 Å². The molecule has 0 saturated carbocycles. The third kappa shape index (κ3) is 1.52. The number of aliphatic hydroxyl groups is 4. The van der Waals surface area contributed by atoms with Gasteiger partial charge in [0.15, 0.2) is 5.79 Å². The topological polar surface area (TPSA) is 90.2 Å². The zero-order chi connectivity index (χ0) is 8.65. The molecule has 1 aliphatic heterocycles. The average Bonchev–Trinajstić information content (AvgIpc) is 1.95. The van der Waals surface area contributed by atoms with Crippen molar-refractivity contribution < 1.29 is 25.2 Å². The Bertz CT molecular complexity index is 146. The van der Waals surface area contributed by atoms with Crippen LogP contribution in [0.2, 0.25) is 0 Å². The molecule has 0 amide bonds. The smallest absolute Gasteiger partial charge is 0.191 e. The molecule has 5 nitrogen and oxygen atoms in total. The lowest BCUT2D eigenvalue weighted by Crippen LogP contribution is -2.59. The van der Waals surface area contributed by atoms with Crippen LogP contribution in [0.4, 0.5) is 0 Å². The Morgan fingerprint density at radius 1 is 1.36 bits per heavy atom. The highest BCUT2D eigenvalue weighted by atomic mass is 16.6. The predicted molar refractivity (Wildman–Crippen MR) is 34.6 cm³/mol. The molecule has 1 fully saturated rings. The Balaban J connectivity index is 2.67. The number of rotatable bonds is 0. The molecule has 0 spiro atoms. The van der Waals surface area contributed by atoms with Crippen LogP contribution in [0.15, 0.2) is 0 Å². The number of ether oxygens (including phenoxy) is 1. The summed E-state index contributed by atoms with van der Waals surface area (Å²) in [6.45, 7) is 1.05. The Labute approximate surface area is 63.8 Å². The maximum Gasteiger partial charge on any atom is 0.191 e. The van der Waals surface area contributed by atoms with Crippen LogP contribution in [0, 0.1) is 0 Å². The first-order valence-electron chi connectivity index (χ1n) is 3.35. The normalized spacial score (nSPS) is 52.6. The third-order valence-electron chi connectivity index (χ3n) is 1.81. The second-order valence-electron chi connectivity index (χ2n) is 2.87. The second kappa shape index (κ2) is 2.69. The molecular formula is C6H12O5. The fourth-order valence-corrected chi connectivity index (χ4v) is 0.965. The van der Waals surface area contributed by atoms with Crippen molar-refractivity contribution in [1.82, 2.24) is 0 Å². The van der Waals surface area contributed by atoms with E-state index in [1.54, 1.807) is 0 Å². The molecule has 4 N–H and O–H groups in total. The van der Waals surface area contributed by atoms with Gasteiger partial charge >= 0.3 is 0 Å². The van der Waals surface area contributed by atoms with Crippen LogP contribution >= 0.6 is 0 Å². The van der Waals surface area contributed by atoms with Crippen molar-refractivity contribution in [3.05, 3.63) is 0 Å². The van der Waals surface area contributed by atoms with Crippen molar-refractivity contribution in [3.8, 4) is 0 Å². The first kappa shape index (κ1) is 8.89. The zero-order valence-corrected chi connectivity index (χ0v) is 6.14. The van der Waals surface area contributed by atoms with E-state index in [1.807, 2.05) is 0 Å². The summed E-state index contributed by atoms with van der Waals surface area (Å²) in [7, 11) is 0. The van der Waals surface area contributed by atoms with Crippen LogP contribution in [0.3, 0.4) is 0 Å². The SMILES string of the molecule is C[C@]1(O)OC[C@H](O)[C@H](O)[C@H]1O. The fourth-order valence-electron chi connectivity index (χ4n) is 0.965. The van der Waals surface area contributed by atoms with E-state index in [0.29, 0.717) is 0 Å². The first-order valence-corrected chi connectivity index (χ1v) is 3.35. The summed E-state index contributed by atoms with van der Waals surface area (Å²) in [5.41, 5.74) is 0. The van der Waals surface area contributed by atoms with Gasteiger partial charge in [-0.2, -0.15) is 0 Å². The maximum atomic E-state index is 9.19. The summed E-state index contributed by atoms with van der Waals surface area (Å²) in [4.78, 5) is 0. The summed E-state index contributed by atoms with van der Waals surface area (Å²) in [5.74, 6) is -1.77. The zero-order valence-electron chi connectivity index (χ0n) is 6.14. The maximum absolute atomic E-state index is 9.19. The van der Waals surface area contributed by atoms with Gasteiger partial charge in [-0.15, -0.1) is 0 Å². The Hall–Kier alpha value is -0.200. The van der Waals surface area contributed by atoms with Crippen LogP contribution in [-0.2, 0) is 4.74 Å². The van der Waals surface area contributed by atoms with Gasteiger partial charge in [0.1, 0.15) is 18.3 Å². The van der Waals surface area contributed by atoms with Gasteiger partial charge in [0, 0.05) is 0 Å². The van der Waals surface area contributed by atoms with Crippen molar-refractivity contribution in [2.45, 2.75) is 31.0 Å². The summed E-state index contributed by atoms with van der Waals surface area (Å²) in [6, 6.07) is 0. The first-order chi connectivity index (χ1) is 4.95. The molecule has 0 aliphatic carbocycles. The highest BCUT2D eigenvalue weighted by Crippen LogP contribution is 2.22. The van der Waals surface area contributed by atoms with Crippen LogP contribution < -0.4 is 0 Å². The molecule has 1 heterocycles. The minimum atomic E-state index is -1.77. The van der Waals surface area contributed by atoms with Crippen molar-refractivity contribution in [2.24, 2.45) is 0 Å². The monoisotopic (exact) mass is 164 g/mol. The van der Waals surface area contributed by atoms with Crippen molar-refractivity contribution in [1.29, 1.82) is 0 Å².